The molecule has 0 saturated carbocycles. The Morgan fingerprint density at radius 2 is 1.89 bits per heavy atom. The van der Waals surface area contributed by atoms with Gasteiger partial charge in [-0.3, -0.25) is 0 Å². The normalized spacial score (nSPS) is 10.0. The van der Waals surface area contributed by atoms with Crippen molar-refractivity contribution in [2.45, 2.75) is 6.61 Å². The fourth-order valence-electron chi connectivity index (χ4n) is 1.59. The Labute approximate surface area is 116 Å². The number of carbonyl (C=O) groups is 1. The van der Waals surface area contributed by atoms with Gasteiger partial charge in [0.05, 0.1) is 12.7 Å². The Bertz CT molecular complexity index is 564. The predicted octanol–water partition coefficient (Wildman–Crippen LogP) is 3.71. The molecule has 0 aliphatic carbocycles. The highest BCUT2D eigenvalue weighted by Crippen LogP contribution is 2.14. The highest BCUT2D eigenvalue weighted by molar-refractivity contribution is 6.30. The van der Waals surface area contributed by atoms with Gasteiger partial charge in [0, 0.05) is 5.02 Å². The molecule has 98 valence electrons. The van der Waals surface area contributed by atoms with Crippen LogP contribution in [0.4, 0.5) is 0 Å². The lowest BCUT2D eigenvalue weighted by Gasteiger charge is -2.06. The van der Waals surface area contributed by atoms with Crippen LogP contribution in [0.5, 0.6) is 5.75 Å². The van der Waals surface area contributed by atoms with Crippen LogP contribution in [0.2, 0.25) is 5.02 Å². The summed E-state index contributed by atoms with van der Waals surface area (Å²) in [5, 5.41) is 0.623. The number of ether oxygens (including phenoxy) is 2. The molecule has 0 bridgehead atoms. The van der Waals surface area contributed by atoms with E-state index in [0.717, 1.165) is 5.56 Å². The van der Waals surface area contributed by atoms with Crippen molar-refractivity contribution in [2.75, 3.05) is 7.11 Å². The van der Waals surface area contributed by atoms with Gasteiger partial charge in [0.15, 0.2) is 0 Å². The molecule has 0 heterocycles. The maximum atomic E-state index is 11.8. The third-order valence-corrected chi connectivity index (χ3v) is 2.82. The summed E-state index contributed by atoms with van der Waals surface area (Å²) in [6.07, 6.45) is 0. The van der Waals surface area contributed by atoms with E-state index in [-0.39, 0.29) is 12.6 Å². The van der Waals surface area contributed by atoms with E-state index in [1.54, 1.807) is 43.5 Å². The molecule has 0 spiro atoms. The molecule has 19 heavy (non-hydrogen) atoms. The smallest absolute Gasteiger partial charge is 0.338 e. The molecule has 4 heteroatoms. The lowest BCUT2D eigenvalue weighted by molar-refractivity contribution is 0.0472. The number of hydrogen-bond acceptors (Lipinski definition) is 3. The van der Waals surface area contributed by atoms with Crippen LogP contribution in [0.15, 0.2) is 48.5 Å². The molecule has 0 fully saturated rings. The summed E-state index contributed by atoms with van der Waals surface area (Å²) in [6, 6.07) is 14.0. The molecule has 0 aliphatic heterocycles. The number of hydrogen-bond donors (Lipinski definition) is 0. The summed E-state index contributed by atoms with van der Waals surface area (Å²) in [4.78, 5) is 11.8. The van der Waals surface area contributed by atoms with Crippen molar-refractivity contribution in [1.29, 1.82) is 0 Å². The van der Waals surface area contributed by atoms with Gasteiger partial charge in [-0.1, -0.05) is 23.7 Å². The molecular weight excluding hydrogens is 264 g/mol. The van der Waals surface area contributed by atoms with Gasteiger partial charge in [0.2, 0.25) is 0 Å². The van der Waals surface area contributed by atoms with E-state index in [9.17, 15) is 4.79 Å². The number of halogens is 1. The molecule has 3 nitrogen and oxygen atoms in total. The van der Waals surface area contributed by atoms with Crippen molar-refractivity contribution in [1.82, 2.24) is 0 Å². The van der Waals surface area contributed by atoms with Gasteiger partial charge < -0.3 is 9.47 Å². The standard InChI is InChI=1S/C15H13ClO3/c1-18-14-7-5-12(6-8-14)15(17)19-10-11-3-2-4-13(16)9-11/h2-9H,10H2,1H3. The van der Waals surface area contributed by atoms with Gasteiger partial charge in [-0.25, -0.2) is 4.79 Å². The van der Waals surface area contributed by atoms with E-state index in [1.807, 2.05) is 12.1 Å². The summed E-state index contributed by atoms with van der Waals surface area (Å²) in [7, 11) is 1.58. The van der Waals surface area contributed by atoms with Gasteiger partial charge in [0.1, 0.15) is 12.4 Å². The lowest BCUT2D eigenvalue weighted by atomic mass is 10.2. The molecule has 0 aromatic heterocycles. The first-order valence-electron chi connectivity index (χ1n) is 5.74. The quantitative estimate of drug-likeness (QED) is 0.799. The number of rotatable bonds is 4. The van der Waals surface area contributed by atoms with Gasteiger partial charge in [-0.05, 0) is 42.0 Å². The highest BCUT2D eigenvalue weighted by Gasteiger charge is 2.07. The van der Waals surface area contributed by atoms with Crippen LogP contribution in [0.1, 0.15) is 15.9 Å². The van der Waals surface area contributed by atoms with E-state index in [2.05, 4.69) is 0 Å². The number of esters is 1. The first kappa shape index (κ1) is 13.4. The van der Waals surface area contributed by atoms with Gasteiger partial charge in [-0.15, -0.1) is 0 Å². The van der Waals surface area contributed by atoms with Crippen molar-refractivity contribution < 1.29 is 14.3 Å². The molecule has 0 N–H and O–H groups in total. The van der Waals surface area contributed by atoms with Gasteiger partial charge in [0.25, 0.3) is 0 Å². The summed E-state index contributed by atoms with van der Waals surface area (Å²) in [5.41, 5.74) is 1.34. The SMILES string of the molecule is COc1ccc(C(=O)OCc2cccc(Cl)c2)cc1. The van der Waals surface area contributed by atoms with Gasteiger partial charge in [-0.2, -0.15) is 0 Å². The minimum atomic E-state index is -0.373. The Morgan fingerprint density at radius 3 is 2.53 bits per heavy atom. The fourth-order valence-corrected chi connectivity index (χ4v) is 1.80. The van der Waals surface area contributed by atoms with Crippen molar-refractivity contribution in [3.05, 3.63) is 64.7 Å². The van der Waals surface area contributed by atoms with Crippen molar-refractivity contribution in [3.8, 4) is 5.75 Å². The zero-order chi connectivity index (χ0) is 13.7. The molecule has 2 rings (SSSR count). The lowest BCUT2D eigenvalue weighted by Crippen LogP contribution is -2.05. The second-order valence-electron chi connectivity index (χ2n) is 3.93. The van der Waals surface area contributed by atoms with E-state index >= 15 is 0 Å². The molecule has 0 saturated heterocycles. The van der Waals surface area contributed by atoms with E-state index < -0.39 is 0 Å². The molecule has 0 radical (unpaired) electrons. The second kappa shape index (κ2) is 6.25. The van der Waals surface area contributed by atoms with Gasteiger partial charge >= 0.3 is 5.97 Å². The maximum absolute atomic E-state index is 11.8. The van der Waals surface area contributed by atoms with Crippen LogP contribution < -0.4 is 4.74 Å². The summed E-state index contributed by atoms with van der Waals surface area (Å²) in [6.45, 7) is 0.200. The Balaban J connectivity index is 1.97. The van der Waals surface area contributed by atoms with Crippen molar-refractivity contribution >= 4 is 17.6 Å². The fraction of sp³-hybridized carbons (Fsp3) is 0.133. The zero-order valence-corrected chi connectivity index (χ0v) is 11.2. The van der Waals surface area contributed by atoms with E-state index in [4.69, 9.17) is 21.1 Å². The maximum Gasteiger partial charge on any atom is 0.338 e. The van der Waals surface area contributed by atoms with Crippen LogP contribution >= 0.6 is 11.6 Å². The average molecular weight is 277 g/mol. The van der Waals surface area contributed by atoms with E-state index in [0.29, 0.717) is 16.3 Å². The average Bonchev–Trinajstić information content (AvgIpc) is 2.45. The summed E-state index contributed by atoms with van der Waals surface area (Å²) in [5.74, 6) is 0.328. The van der Waals surface area contributed by atoms with Crippen LogP contribution in [0.25, 0.3) is 0 Å². The van der Waals surface area contributed by atoms with Crippen LogP contribution in [-0.4, -0.2) is 13.1 Å². The number of benzene rings is 2. The number of carbonyl (C=O) groups excluding carboxylic acids is 1. The minimum absolute atomic E-state index is 0.200. The topological polar surface area (TPSA) is 35.5 Å². The molecule has 0 amide bonds. The first-order chi connectivity index (χ1) is 9.19. The predicted molar refractivity (Wildman–Crippen MR) is 73.6 cm³/mol. The molecule has 0 aliphatic rings. The molecule has 0 atom stereocenters. The Morgan fingerprint density at radius 1 is 1.16 bits per heavy atom. The van der Waals surface area contributed by atoms with Crippen LogP contribution in [-0.2, 0) is 11.3 Å². The van der Waals surface area contributed by atoms with Crippen molar-refractivity contribution in [2.24, 2.45) is 0 Å². The summed E-state index contributed by atoms with van der Waals surface area (Å²) >= 11 is 5.86. The zero-order valence-electron chi connectivity index (χ0n) is 10.4. The highest BCUT2D eigenvalue weighted by atomic mass is 35.5. The monoisotopic (exact) mass is 276 g/mol. The van der Waals surface area contributed by atoms with Crippen LogP contribution in [0.3, 0.4) is 0 Å². The van der Waals surface area contributed by atoms with Crippen LogP contribution in [0, 0.1) is 0 Å². The molecule has 0 unspecified atom stereocenters. The van der Waals surface area contributed by atoms with E-state index in [1.165, 1.54) is 0 Å². The first-order valence-corrected chi connectivity index (χ1v) is 6.12. The Hall–Kier alpha value is -2.00. The minimum Gasteiger partial charge on any atom is -0.497 e. The molecule has 2 aromatic rings. The molecular formula is C15H13ClO3. The third-order valence-electron chi connectivity index (χ3n) is 2.58. The Kier molecular flexibility index (Phi) is 4.42. The third kappa shape index (κ3) is 3.73. The molecule has 2 aromatic carbocycles. The number of methoxy groups -OCH3 is 1. The van der Waals surface area contributed by atoms with Crippen molar-refractivity contribution in [3.63, 3.8) is 0 Å². The largest absolute Gasteiger partial charge is 0.497 e. The second-order valence-corrected chi connectivity index (χ2v) is 4.37. The summed E-state index contributed by atoms with van der Waals surface area (Å²) < 4.78 is 10.2.